The van der Waals surface area contributed by atoms with Gasteiger partial charge in [-0.2, -0.15) is 4.98 Å². The summed E-state index contributed by atoms with van der Waals surface area (Å²) in [6, 6.07) is 6.08. The third-order valence-corrected chi connectivity index (χ3v) is 4.20. The predicted octanol–water partition coefficient (Wildman–Crippen LogP) is 2.21. The SMILES string of the molecule is Cn1ccc2c(-c3cc(N4CCCC4)nc(N)n3)ccnc21. The molecule has 0 spiro atoms. The van der Waals surface area contributed by atoms with Crippen molar-refractivity contribution < 1.29 is 0 Å². The quantitative estimate of drug-likeness (QED) is 0.784. The van der Waals surface area contributed by atoms with E-state index in [9.17, 15) is 0 Å². The molecule has 1 saturated heterocycles. The number of nitrogen functional groups attached to an aromatic ring is 1. The molecule has 6 nitrogen and oxygen atoms in total. The second kappa shape index (κ2) is 4.98. The van der Waals surface area contributed by atoms with Crippen LogP contribution in [-0.2, 0) is 7.05 Å². The maximum absolute atomic E-state index is 5.94. The van der Waals surface area contributed by atoms with Gasteiger partial charge in [0.1, 0.15) is 11.5 Å². The van der Waals surface area contributed by atoms with Gasteiger partial charge in [-0.1, -0.05) is 0 Å². The Morgan fingerprint density at radius 1 is 1.14 bits per heavy atom. The molecule has 0 amide bonds. The molecule has 0 aliphatic carbocycles. The van der Waals surface area contributed by atoms with Gasteiger partial charge in [0.15, 0.2) is 0 Å². The lowest BCUT2D eigenvalue weighted by molar-refractivity contribution is 0.932. The van der Waals surface area contributed by atoms with E-state index >= 15 is 0 Å². The lowest BCUT2D eigenvalue weighted by Gasteiger charge is -2.17. The number of aryl methyl sites for hydroxylation is 1. The zero-order valence-electron chi connectivity index (χ0n) is 12.5. The van der Waals surface area contributed by atoms with Gasteiger partial charge in [-0.05, 0) is 25.0 Å². The highest BCUT2D eigenvalue weighted by Crippen LogP contribution is 2.29. The summed E-state index contributed by atoms with van der Waals surface area (Å²) in [4.78, 5) is 15.5. The number of hydrogen-bond acceptors (Lipinski definition) is 5. The van der Waals surface area contributed by atoms with E-state index in [1.54, 1.807) is 0 Å². The third-order valence-electron chi connectivity index (χ3n) is 4.20. The lowest BCUT2D eigenvalue weighted by Crippen LogP contribution is -2.19. The normalized spacial score (nSPS) is 14.9. The Bertz CT molecular complexity index is 832. The van der Waals surface area contributed by atoms with E-state index in [0.717, 1.165) is 41.2 Å². The van der Waals surface area contributed by atoms with Crippen molar-refractivity contribution in [1.82, 2.24) is 19.5 Å². The summed E-state index contributed by atoms with van der Waals surface area (Å²) in [5.41, 5.74) is 8.78. The first-order valence-electron chi connectivity index (χ1n) is 7.52. The average molecular weight is 294 g/mol. The van der Waals surface area contributed by atoms with Crippen molar-refractivity contribution in [2.24, 2.45) is 7.05 Å². The topological polar surface area (TPSA) is 72.9 Å². The zero-order chi connectivity index (χ0) is 15.1. The second-order valence-electron chi connectivity index (χ2n) is 5.69. The molecule has 0 atom stereocenters. The molecule has 0 saturated carbocycles. The summed E-state index contributed by atoms with van der Waals surface area (Å²) in [6.07, 6.45) is 6.23. The Kier molecular flexibility index (Phi) is 2.96. The van der Waals surface area contributed by atoms with Crippen molar-refractivity contribution in [3.63, 3.8) is 0 Å². The largest absolute Gasteiger partial charge is 0.368 e. The van der Waals surface area contributed by atoms with E-state index in [-0.39, 0.29) is 0 Å². The monoisotopic (exact) mass is 294 g/mol. The molecule has 0 radical (unpaired) electrons. The van der Waals surface area contributed by atoms with Crippen molar-refractivity contribution in [2.45, 2.75) is 12.8 Å². The minimum atomic E-state index is 0.320. The maximum atomic E-state index is 5.94. The summed E-state index contributed by atoms with van der Waals surface area (Å²) in [6.45, 7) is 2.07. The number of pyridine rings is 1. The zero-order valence-corrected chi connectivity index (χ0v) is 12.5. The molecular formula is C16H18N6. The highest BCUT2D eigenvalue weighted by molar-refractivity contribution is 5.92. The molecule has 0 aromatic carbocycles. The van der Waals surface area contributed by atoms with E-state index < -0.39 is 0 Å². The maximum Gasteiger partial charge on any atom is 0.222 e. The molecule has 3 aromatic heterocycles. The smallest absolute Gasteiger partial charge is 0.222 e. The van der Waals surface area contributed by atoms with E-state index in [4.69, 9.17) is 5.73 Å². The second-order valence-corrected chi connectivity index (χ2v) is 5.69. The van der Waals surface area contributed by atoms with Gasteiger partial charge in [-0.15, -0.1) is 0 Å². The number of aromatic nitrogens is 4. The fourth-order valence-electron chi connectivity index (χ4n) is 3.09. The first-order valence-corrected chi connectivity index (χ1v) is 7.52. The molecule has 22 heavy (non-hydrogen) atoms. The van der Waals surface area contributed by atoms with Gasteiger partial charge >= 0.3 is 0 Å². The van der Waals surface area contributed by atoms with Crippen molar-refractivity contribution in [2.75, 3.05) is 23.7 Å². The molecule has 0 unspecified atom stereocenters. The number of fused-ring (bicyclic) bond motifs is 1. The average Bonchev–Trinajstić information content (AvgIpc) is 3.17. The summed E-state index contributed by atoms with van der Waals surface area (Å²) in [5, 5.41) is 1.08. The molecule has 6 heteroatoms. The molecule has 4 rings (SSSR count). The number of anilines is 2. The van der Waals surface area contributed by atoms with Gasteiger partial charge in [0, 0.05) is 49.5 Å². The third kappa shape index (κ3) is 2.07. The van der Waals surface area contributed by atoms with Crippen LogP contribution in [0.5, 0.6) is 0 Å². The highest BCUT2D eigenvalue weighted by atomic mass is 15.2. The Morgan fingerprint density at radius 3 is 2.77 bits per heavy atom. The van der Waals surface area contributed by atoms with Crippen molar-refractivity contribution in [3.8, 4) is 11.3 Å². The Balaban J connectivity index is 1.87. The van der Waals surface area contributed by atoms with Gasteiger partial charge in [-0.25, -0.2) is 9.97 Å². The van der Waals surface area contributed by atoms with Gasteiger partial charge in [0.2, 0.25) is 5.95 Å². The Hall–Kier alpha value is -2.63. The van der Waals surface area contributed by atoms with Crippen molar-refractivity contribution in [1.29, 1.82) is 0 Å². The molecule has 0 bridgehead atoms. The molecule has 2 N–H and O–H groups in total. The molecule has 4 heterocycles. The van der Waals surface area contributed by atoms with Crippen LogP contribution in [0, 0.1) is 0 Å². The van der Waals surface area contributed by atoms with Gasteiger partial charge in [0.05, 0.1) is 5.69 Å². The Morgan fingerprint density at radius 2 is 1.95 bits per heavy atom. The van der Waals surface area contributed by atoms with E-state index in [2.05, 4.69) is 25.9 Å². The van der Waals surface area contributed by atoms with Crippen molar-refractivity contribution >= 4 is 22.8 Å². The van der Waals surface area contributed by atoms with Crippen LogP contribution in [0.15, 0.2) is 30.6 Å². The minimum Gasteiger partial charge on any atom is -0.368 e. The molecular weight excluding hydrogens is 276 g/mol. The first kappa shape index (κ1) is 13.1. The van der Waals surface area contributed by atoms with Crippen LogP contribution < -0.4 is 10.6 Å². The fourth-order valence-corrected chi connectivity index (χ4v) is 3.09. The molecule has 1 aliphatic rings. The number of hydrogen-bond donors (Lipinski definition) is 1. The van der Waals surface area contributed by atoms with Gasteiger partial charge in [-0.3, -0.25) is 0 Å². The number of nitrogens with zero attached hydrogens (tertiary/aromatic N) is 5. The van der Waals surface area contributed by atoms with Crippen LogP contribution in [-0.4, -0.2) is 32.6 Å². The highest BCUT2D eigenvalue weighted by Gasteiger charge is 2.17. The molecule has 1 aliphatic heterocycles. The van der Waals surface area contributed by atoms with Crippen LogP contribution in [0.1, 0.15) is 12.8 Å². The van der Waals surface area contributed by atoms with Crippen LogP contribution in [0.4, 0.5) is 11.8 Å². The predicted molar refractivity (Wildman–Crippen MR) is 87.6 cm³/mol. The van der Waals surface area contributed by atoms with E-state index in [1.165, 1.54) is 12.8 Å². The van der Waals surface area contributed by atoms with Crippen LogP contribution in [0.2, 0.25) is 0 Å². The van der Waals surface area contributed by atoms with E-state index in [1.807, 2.05) is 36.1 Å². The summed E-state index contributed by atoms with van der Waals surface area (Å²) >= 11 is 0. The van der Waals surface area contributed by atoms with Gasteiger partial charge in [0.25, 0.3) is 0 Å². The molecule has 1 fully saturated rings. The lowest BCUT2D eigenvalue weighted by atomic mass is 10.1. The van der Waals surface area contributed by atoms with Crippen molar-refractivity contribution in [3.05, 3.63) is 30.6 Å². The molecule has 112 valence electrons. The summed E-state index contributed by atoms with van der Waals surface area (Å²) in [7, 11) is 1.99. The number of rotatable bonds is 2. The fraction of sp³-hybridized carbons (Fsp3) is 0.312. The minimum absolute atomic E-state index is 0.320. The summed E-state index contributed by atoms with van der Waals surface area (Å²) in [5.74, 6) is 1.24. The standard InChI is InChI=1S/C16H18N6/c1-21-9-5-12-11(4-6-18-15(12)21)13-10-14(20-16(17)19-13)22-7-2-3-8-22/h4-6,9-10H,2-3,7-8H2,1H3,(H2,17,19,20). The van der Waals surface area contributed by atoms with Gasteiger partial charge < -0.3 is 15.2 Å². The van der Waals surface area contributed by atoms with Crippen LogP contribution >= 0.6 is 0 Å². The number of nitrogens with two attached hydrogens (primary N) is 1. The Labute approximate surface area is 128 Å². The van der Waals surface area contributed by atoms with E-state index in [0.29, 0.717) is 5.95 Å². The van der Waals surface area contributed by atoms with Crippen LogP contribution in [0.25, 0.3) is 22.3 Å². The first-order chi connectivity index (χ1) is 10.7. The molecule has 3 aromatic rings. The van der Waals surface area contributed by atoms with Crippen LogP contribution in [0.3, 0.4) is 0 Å². The summed E-state index contributed by atoms with van der Waals surface area (Å²) < 4.78 is 2.00.